The first kappa shape index (κ1) is 19.5. The lowest BCUT2D eigenvalue weighted by atomic mass is 10.2. The average molecular weight is 423 g/mol. The lowest BCUT2D eigenvalue weighted by Crippen LogP contribution is -2.04. The Bertz CT molecular complexity index is 1210. The summed E-state index contributed by atoms with van der Waals surface area (Å²) in [5.74, 6) is 2.25. The normalized spacial score (nSPS) is 10.7. The molecule has 0 bridgehead atoms. The molecular formula is C20H17N5O4S. The summed E-state index contributed by atoms with van der Waals surface area (Å²) in [7, 11) is 3.16. The third-order valence-electron chi connectivity index (χ3n) is 4.41. The number of benzene rings is 1. The molecule has 0 amide bonds. The van der Waals surface area contributed by atoms with Crippen molar-refractivity contribution in [2.24, 2.45) is 0 Å². The van der Waals surface area contributed by atoms with E-state index in [1.807, 2.05) is 18.2 Å². The Morgan fingerprint density at radius 2 is 1.83 bits per heavy atom. The van der Waals surface area contributed by atoms with E-state index in [9.17, 15) is 10.1 Å². The van der Waals surface area contributed by atoms with Crippen LogP contribution in [0.15, 0.2) is 48.8 Å². The van der Waals surface area contributed by atoms with E-state index in [1.54, 1.807) is 38.7 Å². The van der Waals surface area contributed by atoms with Gasteiger partial charge in [-0.3, -0.25) is 15.1 Å². The van der Waals surface area contributed by atoms with Crippen molar-refractivity contribution in [2.45, 2.75) is 6.54 Å². The lowest BCUT2D eigenvalue weighted by molar-refractivity contribution is -0.380. The van der Waals surface area contributed by atoms with E-state index in [0.29, 0.717) is 39.9 Å². The monoisotopic (exact) mass is 423 g/mol. The van der Waals surface area contributed by atoms with Gasteiger partial charge in [-0.1, -0.05) is 6.07 Å². The number of pyridine rings is 1. The number of thiophene rings is 1. The van der Waals surface area contributed by atoms with Crippen molar-refractivity contribution in [3.63, 3.8) is 0 Å². The molecule has 0 fully saturated rings. The highest BCUT2D eigenvalue weighted by molar-refractivity contribution is 7.21. The highest BCUT2D eigenvalue weighted by Gasteiger charge is 2.18. The molecule has 0 aliphatic rings. The first-order valence-corrected chi connectivity index (χ1v) is 9.72. The van der Waals surface area contributed by atoms with Crippen LogP contribution in [0.5, 0.6) is 11.5 Å². The Hall–Kier alpha value is -3.79. The molecule has 1 N–H and O–H groups in total. The first-order chi connectivity index (χ1) is 14.6. The Morgan fingerprint density at radius 3 is 2.53 bits per heavy atom. The molecule has 10 heteroatoms. The van der Waals surface area contributed by atoms with Crippen molar-refractivity contribution in [1.29, 1.82) is 0 Å². The van der Waals surface area contributed by atoms with E-state index in [1.165, 1.54) is 6.07 Å². The van der Waals surface area contributed by atoms with E-state index in [0.717, 1.165) is 22.5 Å². The molecule has 0 saturated carbocycles. The van der Waals surface area contributed by atoms with Gasteiger partial charge >= 0.3 is 5.00 Å². The van der Waals surface area contributed by atoms with Gasteiger partial charge in [0.15, 0.2) is 17.3 Å². The van der Waals surface area contributed by atoms with Gasteiger partial charge in [-0.2, -0.15) is 0 Å². The van der Waals surface area contributed by atoms with Gasteiger partial charge in [-0.15, -0.1) is 0 Å². The number of nitrogens with one attached hydrogen (secondary N) is 1. The summed E-state index contributed by atoms with van der Waals surface area (Å²) in [5, 5.41) is 15.2. The fraction of sp³-hybridized carbons (Fsp3) is 0.150. The zero-order chi connectivity index (χ0) is 21.1. The van der Waals surface area contributed by atoms with Gasteiger partial charge < -0.3 is 14.8 Å². The summed E-state index contributed by atoms with van der Waals surface area (Å²) in [5.41, 5.74) is 1.71. The fourth-order valence-corrected chi connectivity index (χ4v) is 3.79. The van der Waals surface area contributed by atoms with Crippen LogP contribution in [-0.2, 0) is 6.54 Å². The van der Waals surface area contributed by atoms with Crippen LogP contribution in [0.4, 0.5) is 10.8 Å². The number of hydrogen-bond donors (Lipinski definition) is 1. The summed E-state index contributed by atoms with van der Waals surface area (Å²) in [6.45, 7) is 0.436. The lowest BCUT2D eigenvalue weighted by Gasteiger charge is -2.12. The van der Waals surface area contributed by atoms with E-state index in [-0.39, 0.29) is 5.00 Å². The standard InChI is InChI=1S/C20H17N5O4S/c1-28-15-4-3-12(9-16(15)29-2)11-22-19-14-10-17(25(26)27)30-20(14)24-18(23-19)13-5-7-21-8-6-13/h3-10H,11H2,1-2H3,(H,22,23,24). The smallest absolute Gasteiger partial charge is 0.326 e. The van der Waals surface area contributed by atoms with Gasteiger partial charge in [0.2, 0.25) is 0 Å². The molecule has 1 aromatic carbocycles. The van der Waals surface area contributed by atoms with E-state index in [2.05, 4.69) is 20.3 Å². The van der Waals surface area contributed by atoms with Crippen molar-refractivity contribution in [3.05, 3.63) is 64.5 Å². The van der Waals surface area contributed by atoms with Crippen molar-refractivity contribution >= 4 is 32.4 Å². The number of anilines is 1. The minimum atomic E-state index is -0.420. The zero-order valence-electron chi connectivity index (χ0n) is 16.2. The molecule has 0 unspecified atom stereocenters. The van der Waals surface area contributed by atoms with Crippen LogP contribution >= 0.6 is 11.3 Å². The van der Waals surface area contributed by atoms with Crippen molar-refractivity contribution < 1.29 is 14.4 Å². The second-order valence-electron chi connectivity index (χ2n) is 6.24. The maximum absolute atomic E-state index is 11.3. The molecule has 0 radical (unpaired) electrons. The van der Waals surface area contributed by atoms with Crippen molar-refractivity contribution in [1.82, 2.24) is 15.0 Å². The average Bonchev–Trinajstić information content (AvgIpc) is 3.22. The number of ether oxygens (including phenoxy) is 2. The summed E-state index contributed by atoms with van der Waals surface area (Å²) >= 11 is 1.02. The molecule has 152 valence electrons. The molecule has 0 aliphatic heterocycles. The number of methoxy groups -OCH3 is 2. The van der Waals surface area contributed by atoms with E-state index in [4.69, 9.17) is 9.47 Å². The number of nitrogens with zero attached hydrogens (tertiary/aromatic N) is 4. The molecule has 0 saturated heterocycles. The van der Waals surface area contributed by atoms with Gasteiger partial charge in [0.1, 0.15) is 10.6 Å². The number of fused-ring (bicyclic) bond motifs is 1. The van der Waals surface area contributed by atoms with Crippen LogP contribution < -0.4 is 14.8 Å². The third-order valence-corrected chi connectivity index (χ3v) is 5.39. The summed E-state index contributed by atoms with van der Waals surface area (Å²) in [6, 6.07) is 10.7. The van der Waals surface area contributed by atoms with Crippen molar-refractivity contribution in [2.75, 3.05) is 19.5 Å². The number of aromatic nitrogens is 3. The largest absolute Gasteiger partial charge is 0.493 e. The number of hydrogen-bond acceptors (Lipinski definition) is 9. The van der Waals surface area contributed by atoms with Crippen LogP contribution in [0, 0.1) is 10.1 Å². The molecule has 9 nitrogen and oxygen atoms in total. The van der Waals surface area contributed by atoms with Crippen molar-refractivity contribution in [3.8, 4) is 22.9 Å². The van der Waals surface area contributed by atoms with Crippen LogP contribution in [0.1, 0.15) is 5.56 Å². The van der Waals surface area contributed by atoms with E-state index < -0.39 is 4.92 Å². The number of rotatable bonds is 7. The fourth-order valence-electron chi connectivity index (χ4n) is 2.94. The molecule has 3 aromatic heterocycles. The molecule has 0 spiro atoms. The molecule has 3 heterocycles. The van der Waals surface area contributed by atoms with E-state index >= 15 is 0 Å². The first-order valence-electron chi connectivity index (χ1n) is 8.90. The molecule has 30 heavy (non-hydrogen) atoms. The van der Waals surface area contributed by atoms with Gasteiger partial charge in [0.25, 0.3) is 0 Å². The van der Waals surface area contributed by atoms with Crippen LogP contribution in [-0.4, -0.2) is 34.1 Å². The topological polar surface area (TPSA) is 112 Å². The Labute approximate surface area is 175 Å². The highest BCUT2D eigenvalue weighted by Crippen LogP contribution is 2.35. The molecule has 4 aromatic rings. The molecular weight excluding hydrogens is 406 g/mol. The quantitative estimate of drug-likeness (QED) is 0.346. The highest BCUT2D eigenvalue weighted by atomic mass is 32.1. The van der Waals surface area contributed by atoms with Crippen LogP contribution in [0.25, 0.3) is 21.6 Å². The van der Waals surface area contributed by atoms with Gasteiger partial charge in [0.05, 0.1) is 24.5 Å². The summed E-state index contributed by atoms with van der Waals surface area (Å²) in [4.78, 5) is 24.5. The number of nitro groups is 1. The van der Waals surface area contributed by atoms with Gasteiger partial charge in [-0.05, 0) is 41.2 Å². The maximum Gasteiger partial charge on any atom is 0.326 e. The minimum absolute atomic E-state index is 0.0142. The molecule has 0 aliphatic carbocycles. The van der Waals surface area contributed by atoms with Crippen LogP contribution in [0.2, 0.25) is 0 Å². The maximum atomic E-state index is 11.3. The second-order valence-corrected chi connectivity index (χ2v) is 7.24. The van der Waals surface area contributed by atoms with Crippen LogP contribution in [0.3, 0.4) is 0 Å². The Balaban J connectivity index is 1.72. The van der Waals surface area contributed by atoms with Gasteiger partial charge in [0, 0.05) is 30.6 Å². The SMILES string of the molecule is COc1ccc(CNc2nc(-c3ccncc3)nc3sc([N+](=O)[O-])cc23)cc1OC. The third kappa shape index (κ3) is 3.85. The minimum Gasteiger partial charge on any atom is -0.493 e. The second kappa shape index (κ2) is 8.29. The predicted octanol–water partition coefficient (Wildman–Crippen LogP) is 4.29. The Morgan fingerprint density at radius 1 is 1.07 bits per heavy atom. The summed E-state index contributed by atoms with van der Waals surface area (Å²) in [6.07, 6.45) is 3.30. The molecule has 0 atom stereocenters. The summed E-state index contributed by atoms with van der Waals surface area (Å²) < 4.78 is 10.6. The Kier molecular flexibility index (Phi) is 5.40. The zero-order valence-corrected chi connectivity index (χ0v) is 17.0. The van der Waals surface area contributed by atoms with Gasteiger partial charge in [-0.25, -0.2) is 9.97 Å². The predicted molar refractivity (Wildman–Crippen MR) is 114 cm³/mol. The molecule has 4 rings (SSSR count).